The Morgan fingerprint density at radius 2 is 2.14 bits per heavy atom. The quantitative estimate of drug-likeness (QED) is 0.283. The minimum absolute atomic E-state index is 0.0581. The summed E-state index contributed by atoms with van der Waals surface area (Å²) < 4.78 is 11.1. The number of carbonyl (C=O) groups is 1. The molecule has 1 amide bonds. The van der Waals surface area contributed by atoms with Gasteiger partial charge in [0.25, 0.3) is 0 Å². The second kappa shape index (κ2) is 13.8. The molecule has 0 bridgehead atoms. The molecule has 2 fully saturated rings. The maximum Gasteiger partial charge on any atom is 0.239 e. The van der Waals surface area contributed by atoms with E-state index in [0.717, 1.165) is 97.2 Å². The van der Waals surface area contributed by atoms with Gasteiger partial charge in [0.1, 0.15) is 0 Å². The highest BCUT2D eigenvalue weighted by Crippen LogP contribution is 2.18. The summed E-state index contributed by atoms with van der Waals surface area (Å²) in [7, 11) is 3.68. The molecule has 0 aromatic heterocycles. The molecule has 8 heteroatoms. The number of nitrogens with zero attached hydrogens (tertiary/aromatic N) is 3. The van der Waals surface area contributed by atoms with Crippen LogP contribution >= 0.6 is 0 Å². The van der Waals surface area contributed by atoms with E-state index in [1.165, 1.54) is 0 Å². The van der Waals surface area contributed by atoms with Crippen molar-refractivity contribution in [1.82, 2.24) is 20.4 Å². The zero-order valence-electron chi connectivity index (χ0n) is 18.6. The van der Waals surface area contributed by atoms with Gasteiger partial charge in [0.2, 0.25) is 5.91 Å². The van der Waals surface area contributed by atoms with Crippen molar-refractivity contribution in [3.63, 3.8) is 0 Å². The molecule has 0 aliphatic carbocycles. The average Bonchev–Trinajstić information content (AvgIpc) is 3.38. The van der Waals surface area contributed by atoms with E-state index in [1.54, 1.807) is 4.90 Å². The largest absolute Gasteiger partial charge is 0.381 e. The second-order valence-corrected chi connectivity index (χ2v) is 8.13. The summed E-state index contributed by atoms with van der Waals surface area (Å²) in [6.45, 7) is 9.74. The van der Waals surface area contributed by atoms with Gasteiger partial charge in [-0.3, -0.25) is 14.7 Å². The Morgan fingerprint density at radius 1 is 1.28 bits per heavy atom. The van der Waals surface area contributed by atoms with Crippen LogP contribution in [0.15, 0.2) is 4.99 Å². The zero-order chi connectivity index (χ0) is 20.9. The lowest BCUT2D eigenvalue weighted by atomic mass is 10.1. The molecule has 2 N–H and O–H groups in total. The topological polar surface area (TPSA) is 78.4 Å². The SMILES string of the molecule is CCNC(=NCCCOCC1CCOC1)NCCCN1CCCC1C(=O)N(C)C. The van der Waals surface area contributed by atoms with Gasteiger partial charge in [-0.1, -0.05) is 0 Å². The van der Waals surface area contributed by atoms with Crippen molar-refractivity contribution in [1.29, 1.82) is 0 Å². The van der Waals surface area contributed by atoms with Gasteiger partial charge in [-0.15, -0.1) is 0 Å². The van der Waals surface area contributed by atoms with E-state index in [4.69, 9.17) is 9.47 Å². The van der Waals surface area contributed by atoms with Gasteiger partial charge < -0.3 is 25.0 Å². The van der Waals surface area contributed by atoms with Gasteiger partial charge in [-0.25, -0.2) is 0 Å². The molecule has 0 saturated carbocycles. The fourth-order valence-electron chi connectivity index (χ4n) is 3.82. The molecule has 2 aliphatic heterocycles. The second-order valence-electron chi connectivity index (χ2n) is 8.13. The number of hydrogen-bond donors (Lipinski definition) is 2. The van der Waals surface area contributed by atoms with Crippen LogP contribution in [-0.4, -0.2) is 101 Å². The first-order chi connectivity index (χ1) is 14.1. The molecule has 2 unspecified atom stereocenters. The van der Waals surface area contributed by atoms with Crippen LogP contribution < -0.4 is 10.6 Å². The average molecular weight is 412 g/mol. The first-order valence-electron chi connectivity index (χ1n) is 11.2. The highest BCUT2D eigenvalue weighted by molar-refractivity contribution is 5.81. The van der Waals surface area contributed by atoms with Crippen molar-refractivity contribution in [2.24, 2.45) is 10.9 Å². The number of likely N-dealkylation sites (tertiary alicyclic amines) is 1. The van der Waals surface area contributed by atoms with Crippen molar-refractivity contribution in [2.45, 2.75) is 45.1 Å². The summed E-state index contributed by atoms with van der Waals surface area (Å²) in [4.78, 5) is 20.9. The number of carbonyl (C=O) groups excluding carboxylic acids is 1. The fraction of sp³-hybridized carbons (Fsp3) is 0.905. The number of likely N-dealkylation sites (N-methyl/N-ethyl adjacent to an activating group) is 1. The van der Waals surface area contributed by atoms with Gasteiger partial charge >= 0.3 is 0 Å². The molecular formula is C21H41N5O3. The van der Waals surface area contributed by atoms with Crippen LogP contribution in [0.4, 0.5) is 0 Å². The normalized spacial score (nSPS) is 22.8. The molecular weight excluding hydrogens is 370 g/mol. The van der Waals surface area contributed by atoms with E-state index in [9.17, 15) is 4.79 Å². The van der Waals surface area contributed by atoms with Crippen molar-refractivity contribution in [2.75, 3.05) is 73.2 Å². The molecule has 29 heavy (non-hydrogen) atoms. The molecule has 0 aromatic carbocycles. The van der Waals surface area contributed by atoms with Crippen LogP contribution in [-0.2, 0) is 14.3 Å². The Labute approximate surface area is 176 Å². The Bertz CT molecular complexity index is 495. The Morgan fingerprint density at radius 3 is 2.86 bits per heavy atom. The molecule has 2 rings (SSSR count). The number of nitrogens with one attached hydrogen (secondary N) is 2. The summed E-state index contributed by atoms with van der Waals surface area (Å²) in [6.07, 6.45) is 5.12. The van der Waals surface area contributed by atoms with Gasteiger partial charge in [-0.2, -0.15) is 0 Å². The minimum atomic E-state index is 0.0581. The molecule has 168 valence electrons. The van der Waals surface area contributed by atoms with Crippen LogP contribution in [0.1, 0.15) is 39.0 Å². The Kier molecular flexibility index (Phi) is 11.3. The lowest BCUT2D eigenvalue weighted by Crippen LogP contribution is -2.44. The molecule has 2 atom stereocenters. The van der Waals surface area contributed by atoms with E-state index in [0.29, 0.717) is 5.92 Å². The van der Waals surface area contributed by atoms with Crippen LogP contribution in [0.25, 0.3) is 0 Å². The lowest BCUT2D eigenvalue weighted by Gasteiger charge is -2.26. The summed E-state index contributed by atoms with van der Waals surface area (Å²) in [5.41, 5.74) is 0. The number of hydrogen-bond acceptors (Lipinski definition) is 5. The number of amides is 1. The van der Waals surface area contributed by atoms with Gasteiger partial charge in [0, 0.05) is 59.4 Å². The van der Waals surface area contributed by atoms with E-state index >= 15 is 0 Å². The van der Waals surface area contributed by atoms with Gasteiger partial charge in [0.15, 0.2) is 5.96 Å². The predicted octanol–water partition coefficient (Wildman–Crippen LogP) is 0.927. The van der Waals surface area contributed by atoms with Crippen LogP contribution in [0.5, 0.6) is 0 Å². The highest BCUT2D eigenvalue weighted by Gasteiger charge is 2.30. The van der Waals surface area contributed by atoms with Crippen molar-refractivity contribution >= 4 is 11.9 Å². The smallest absolute Gasteiger partial charge is 0.239 e. The number of rotatable bonds is 12. The summed E-state index contributed by atoms with van der Waals surface area (Å²) in [5, 5.41) is 6.70. The molecule has 8 nitrogen and oxygen atoms in total. The highest BCUT2D eigenvalue weighted by atomic mass is 16.5. The molecule has 2 heterocycles. The van der Waals surface area contributed by atoms with Gasteiger partial charge in [0.05, 0.1) is 19.3 Å². The molecule has 2 saturated heterocycles. The monoisotopic (exact) mass is 411 g/mol. The standard InChI is InChI=1S/C21H41N5O3/c1-4-22-21(24-11-7-14-28-16-18-9-15-29-17-18)23-10-6-13-26-12-5-8-19(26)20(27)25(2)3/h18-19H,4-17H2,1-3H3,(H2,22,23,24). The lowest BCUT2D eigenvalue weighted by molar-refractivity contribution is -0.133. The summed E-state index contributed by atoms with van der Waals surface area (Å²) in [5.74, 6) is 1.66. The number of ether oxygens (including phenoxy) is 2. The number of guanidine groups is 1. The van der Waals surface area contributed by atoms with E-state index < -0.39 is 0 Å². The number of aliphatic imine (C=N–C) groups is 1. The van der Waals surface area contributed by atoms with Gasteiger partial charge in [-0.05, 0) is 45.6 Å². The van der Waals surface area contributed by atoms with Crippen LogP contribution in [0.2, 0.25) is 0 Å². The van der Waals surface area contributed by atoms with Crippen LogP contribution in [0.3, 0.4) is 0 Å². The third-order valence-corrected chi connectivity index (χ3v) is 5.44. The van der Waals surface area contributed by atoms with Crippen LogP contribution in [0, 0.1) is 5.92 Å². The summed E-state index contributed by atoms with van der Waals surface area (Å²) in [6, 6.07) is 0.0581. The van der Waals surface area contributed by atoms with E-state index in [1.807, 2.05) is 14.1 Å². The minimum Gasteiger partial charge on any atom is -0.381 e. The molecule has 2 aliphatic rings. The van der Waals surface area contributed by atoms with Crippen molar-refractivity contribution in [3.05, 3.63) is 0 Å². The third-order valence-electron chi connectivity index (χ3n) is 5.44. The molecule has 0 spiro atoms. The molecule has 0 aromatic rings. The van der Waals surface area contributed by atoms with Crippen molar-refractivity contribution in [3.8, 4) is 0 Å². The molecule has 0 radical (unpaired) electrons. The first-order valence-corrected chi connectivity index (χ1v) is 11.2. The van der Waals surface area contributed by atoms with E-state index in [2.05, 4.69) is 27.4 Å². The fourth-order valence-corrected chi connectivity index (χ4v) is 3.82. The third kappa shape index (κ3) is 8.88. The Balaban J connectivity index is 1.58. The maximum absolute atomic E-state index is 12.3. The zero-order valence-corrected chi connectivity index (χ0v) is 18.6. The Hall–Kier alpha value is -1.38. The predicted molar refractivity (Wildman–Crippen MR) is 116 cm³/mol. The summed E-state index contributed by atoms with van der Waals surface area (Å²) >= 11 is 0. The first kappa shape index (κ1) is 23.9. The van der Waals surface area contributed by atoms with E-state index in [-0.39, 0.29) is 11.9 Å². The van der Waals surface area contributed by atoms with Crippen molar-refractivity contribution < 1.29 is 14.3 Å². The maximum atomic E-state index is 12.3.